The zero-order chi connectivity index (χ0) is 13.1. The molecule has 0 unspecified atom stereocenters. The van der Waals surface area contributed by atoms with Crippen LogP contribution in [0.3, 0.4) is 0 Å². The molecule has 0 aromatic heterocycles. The van der Waals surface area contributed by atoms with Crippen molar-refractivity contribution in [1.82, 2.24) is 4.90 Å². The molecule has 100 valence electrons. The molecule has 1 heterocycles. The van der Waals surface area contributed by atoms with E-state index < -0.39 is 0 Å². The summed E-state index contributed by atoms with van der Waals surface area (Å²) < 4.78 is 5.79. The topological polar surface area (TPSA) is 38.5 Å². The molecule has 0 bridgehead atoms. The number of nitrogens with two attached hydrogens (primary N) is 1. The summed E-state index contributed by atoms with van der Waals surface area (Å²) in [7, 11) is 0. The van der Waals surface area contributed by atoms with Crippen molar-refractivity contribution in [1.29, 1.82) is 0 Å². The van der Waals surface area contributed by atoms with E-state index in [4.69, 9.17) is 10.5 Å². The fourth-order valence-corrected chi connectivity index (χ4v) is 2.91. The molecule has 1 aliphatic heterocycles. The molecule has 2 rings (SSSR count). The number of morpholine rings is 1. The summed E-state index contributed by atoms with van der Waals surface area (Å²) in [6, 6.07) is 8.83. The number of hydrogen-bond acceptors (Lipinski definition) is 3. The Bertz CT molecular complexity index is 384. The van der Waals surface area contributed by atoms with E-state index in [0.717, 1.165) is 13.1 Å². The van der Waals surface area contributed by atoms with E-state index in [2.05, 4.69) is 49.9 Å². The SMILES string of the molecule is Cc1ccccc1[C@H](CN)N1C[C@H](C)O[C@@H](C)C1. The summed E-state index contributed by atoms with van der Waals surface area (Å²) in [5, 5.41) is 0. The van der Waals surface area contributed by atoms with Crippen LogP contribution in [0.1, 0.15) is 31.0 Å². The van der Waals surface area contributed by atoms with Crippen molar-refractivity contribution >= 4 is 0 Å². The summed E-state index contributed by atoms with van der Waals surface area (Å²) in [5.74, 6) is 0. The van der Waals surface area contributed by atoms with Crippen molar-refractivity contribution in [3.05, 3.63) is 35.4 Å². The van der Waals surface area contributed by atoms with Gasteiger partial charge < -0.3 is 10.5 Å². The molecular weight excluding hydrogens is 224 g/mol. The van der Waals surface area contributed by atoms with Gasteiger partial charge in [0.1, 0.15) is 0 Å². The maximum Gasteiger partial charge on any atom is 0.0678 e. The average Bonchev–Trinajstić information content (AvgIpc) is 2.31. The van der Waals surface area contributed by atoms with Crippen LogP contribution in [-0.4, -0.2) is 36.7 Å². The number of aryl methyl sites for hydroxylation is 1. The molecule has 1 aromatic carbocycles. The monoisotopic (exact) mass is 248 g/mol. The number of ether oxygens (including phenoxy) is 1. The second-order valence-corrected chi connectivity index (χ2v) is 5.32. The summed E-state index contributed by atoms with van der Waals surface area (Å²) in [4.78, 5) is 2.46. The molecule has 0 saturated carbocycles. The van der Waals surface area contributed by atoms with Gasteiger partial charge in [0.25, 0.3) is 0 Å². The summed E-state index contributed by atoms with van der Waals surface area (Å²) in [6.07, 6.45) is 0.568. The largest absolute Gasteiger partial charge is 0.373 e. The Morgan fingerprint density at radius 1 is 1.28 bits per heavy atom. The minimum atomic E-state index is 0.284. The van der Waals surface area contributed by atoms with Crippen LogP contribution in [0.25, 0.3) is 0 Å². The third kappa shape index (κ3) is 2.91. The maximum atomic E-state index is 6.01. The molecular formula is C15H24N2O. The Labute approximate surface area is 110 Å². The molecule has 0 radical (unpaired) electrons. The normalized spacial score (nSPS) is 27.1. The highest BCUT2D eigenvalue weighted by atomic mass is 16.5. The molecule has 1 aromatic rings. The van der Waals surface area contributed by atoms with Gasteiger partial charge in [0, 0.05) is 25.7 Å². The minimum absolute atomic E-state index is 0.284. The van der Waals surface area contributed by atoms with Gasteiger partial charge in [-0.25, -0.2) is 0 Å². The first-order valence-electron chi connectivity index (χ1n) is 6.77. The molecule has 1 saturated heterocycles. The second-order valence-electron chi connectivity index (χ2n) is 5.32. The van der Waals surface area contributed by atoms with Gasteiger partial charge in [-0.05, 0) is 31.9 Å². The third-order valence-corrected chi connectivity index (χ3v) is 3.66. The van der Waals surface area contributed by atoms with Crippen LogP contribution in [0.15, 0.2) is 24.3 Å². The summed E-state index contributed by atoms with van der Waals surface area (Å²) >= 11 is 0. The lowest BCUT2D eigenvalue weighted by Gasteiger charge is -2.40. The molecule has 0 aliphatic carbocycles. The molecule has 0 spiro atoms. The lowest BCUT2D eigenvalue weighted by atomic mass is 9.99. The van der Waals surface area contributed by atoms with Crippen LogP contribution in [-0.2, 0) is 4.74 Å². The standard InChI is InChI=1S/C15H24N2O/c1-11-6-4-5-7-14(11)15(8-16)17-9-12(2)18-13(3)10-17/h4-7,12-13,15H,8-10,16H2,1-3H3/t12-,13-,15-/m0/s1. The van der Waals surface area contributed by atoms with Crippen LogP contribution in [0, 0.1) is 6.92 Å². The fourth-order valence-electron chi connectivity index (χ4n) is 2.91. The highest BCUT2D eigenvalue weighted by molar-refractivity contribution is 5.29. The Morgan fingerprint density at radius 2 is 1.89 bits per heavy atom. The first kappa shape index (κ1) is 13.5. The molecule has 3 heteroatoms. The molecule has 2 N–H and O–H groups in total. The van der Waals surface area contributed by atoms with Crippen molar-refractivity contribution in [3.63, 3.8) is 0 Å². The Kier molecular flexibility index (Phi) is 4.38. The Morgan fingerprint density at radius 3 is 2.44 bits per heavy atom. The maximum absolute atomic E-state index is 6.01. The third-order valence-electron chi connectivity index (χ3n) is 3.66. The molecule has 3 nitrogen and oxygen atoms in total. The van der Waals surface area contributed by atoms with Gasteiger partial charge in [0.05, 0.1) is 12.2 Å². The van der Waals surface area contributed by atoms with Gasteiger partial charge in [-0.3, -0.25) is 4.90 Å². The number of hydrogen-bond donors (Lipinski definition) is 1. The van der Waals surface area contributed by atoms with Gasteiger partial charge >= 0.3 is 0 Å². The summed E-state index contributed by atoms with van der Waals surface area (Å²) in [6.45, 7) is 9.00. The smallest absolute Gasteiger partial charge is 0.0678 e. The predicted octanol–water partition coefficient (Wildman–Crippen LogP) is 2.10. The van der Waals surface area contributed by atoms with Crippen molar-refractivity contribution in [2.24, 2.45) is 5.73 Å². The van der Waals surface area contributed by atoms with Crippen molar-refractivity contribution in [2.75, 3.05) is 19.6 Å². The lowest BCUT2D eigenvalue weighted by Crippen LogP contribution is -2.48. The predicted molar refractivity (Wildman–Crippen MR) is 74.6 cm³/mol. The Balaban J connectivity index is 2.20. The Hall–Kier alpha value is -0.900. The van der Waals surface area contributed by atoms with E-state index in [-0.39, 0.29) is 12.2 Å². The number of rotatable bonds is 3. The van der Waals surface area contributed by atoms with E-state index in [1.165, 1.54) is 11.1 Å². The highest BCUT2D eigenvalue weighted by Gasteiger charge is 2.28. The van der Waals surface area contributed by atoms with Crippen LogP contribution in [0.4, 0.5) is 0 Å². The fraction of sp³-hybridized carbons (Fsp3) is 0.600. The van der Waals surface area contributed by atoms with Crippen molar-refractivity contribution in [3.8, 4) is 0 Å². The van der Waals surface area contributed by atoms with Crippen molar-refractivity contribution in [2.45, 2.75) is 39.0 Å². The first-order valence-corrected chi connectivity index (χ1v) is 6.77. The second kappa shape index (κ2) is 5.83. The molecule has 1 fully saturated rings. The molecule has 3 atom stereocenters. The van der Waals surface area contributed by atoms with E-state index in [9.17, 15) is 0 Å². The van der Waals surface area contributed by atoms with E-state index in [1.807, 2.05) is 0 Å². The quantitative estimate of drug-likeness (QED) is 0.890. The molecule has 18 heavy (non-hydrogen) atoms. The van der Waals surface area contributed by atoms with E-state index in [1.54, 1.807) is 0 Å². The number of benzene rings is 1. The van der Waals surface area contributed by atoms with Crippen LogP contribution in [0.5, 0.6) is 0 Å². The van der Waals surface area contributed by atoms with Gasteiger partial charge in [-0.1, -0.05) is 24.3 Å². The zero-order valence-electron chi connectivity index (χ0n) is 11.6. The average molecular weight is 248 g/mol. The van der Waals surface area contributed by atoms with Gasteiger partial charge in [-0.15, -0.1) is 0 Å². The van der Waals surface area contributed by atoms with Crippen molar-refractivity contribution < 1.29 is 4.74 Å². The van der Waals surface area contributed by atoms with Gasteiger partial charge in [0.15, 0.2) is 0 Å². The minimum Gasteiger partial charge on any atom is -0.373 e. The van der Waals surface area contributed by atoms with Crippen LogP contribution >= 0.6 is 0 Å². The van der Waals surface area contributed by atoms with Crippen LogP contribution < -0.4 is 5.73 Å². The lowest BCUT2D eigenvalue weighted by molar-refractivity contribution is -0.0799. The van der Waals surface area contributed by atoms with Gasteiger partial charge in [0.2, 0.25) is 0 Å². The molecule has 1 aliphatic rings. The van der Waals surface area contributed by atoms with E-state index >= 15 is 0 Å². The van der Waals surface area contributed by atoms with E-state index in [0.29, 0.717) is 12.6 Å². The highest BCUT2D eigenvalue weighted by Crippen LogP contribution is 2.26. The van der Waals surface area contributed by atoms with Gasteiger partial charge in [-0.2, -0.15) is 0 Å². The van der Waals surface area contributed by atoms with Crippen LogP contribution in [0.2, 0.25) is 0 Å². The number of nitrogens with zero attached hydrogens (tertiary/aromatic N) is 1. The summed E-state index contributed by atoms with van der Waals surface area (Å²) in [5.41, 5.74) is 8.68. The zero-order valence-corrected chi connectivity index (χ0v) is 11.6. The first-order chi connectivity index (χ1) is 8.61. The molecule has 0 amide bonds.